The zero-order chi connectivity index (χ0) is 14.7. The first-order chi connectivity index (χ1) is 10.2. The first kappa shape index (κ1) is 13.6. The van der Waals surface area contributed by atoms with Gasteiger partial charge in [-0.3, -0.25) is 4.98 Å². The Balaban J connectivity index is 1.80. The molecule has 2 aromatic carbocycles. The highest BCUT2D eigenvalue weighted by Gasteiger charge is 2.15. The summed E-state index contributed by atoms with van der Waals surface area (Å²) in [5.74, 6) is 0.698. The van der Waals surface area contributed by atoms with Crippen molar-refractivity contribution in [3.05, 3.63) is 66.4 Å². The molecule has 1 aromatic heterocycles. The summed E-state index contributed by atoms with van der Waals surface area (Å²) in [7, 11) is -1.50. The molecule has 0 atom stereocenters. The molecule has 4 nitrogen and oxygen atoms in total. The van der Waals surface area contributed by atoms with Crippen LogP contribution in [-0.2, 0) is 6.61 Å². The smallest absolute Gasteiger partial charge is 0.488 e. The van der Waals surface area contributed by atoms with Gasteiger partial charge in [0.2, 0.25) is 0 Å². The Morgan fingerprint density at radius 2 is 1.86 bits per heavy atom. The van der Waals surface area contributed by atoms with E-state index in [9.17, 15) is 10.0 Å². The lowest BCUT2D eigenvalue weighted by Crippen LogP contribution is -2.33. The Morgan fingerprint density at radius 3 is 2.71 bits per heavy atom. The van der Waals surface area contributed by atoms with Crippen LogP contribution in [-0.4, -0.2) is 22.2 Å². The topological polar surface area (TPSA) is 62.6 Å². The lowest BCUT2D eigenvalue weighted by Gasteiger charge is -2.11. The molecular weight excluding hydrogens is 265 g/mol. The number of fused-ring (bicyclic) bond motifs is 1. The second-order valence-electron chi connectivity index (χ2n) is 4.72. The van der Waals surface area contributed by atoms with E-state index in [0.29, 0.717) is 11.2 Å². The van der Waals surface area contributed by atoms with E-state index in [0.717, 1.165) is 16.5 Å². The third-order valence-corrected chi connectivity index (χ3v) is 3.30. The first-order valence-corrected chi connectivity index (χ1v) is 6.65. The summed E-state index contributed by atoms with van der Waals surface area (Å²) in [5.41, 5.74) is 2.07. The van der Waals surface area contributed by atoms with Gasteiger partial charge in [0.05, 0.1) is 5.52 Å². The van der Waals surface area contributed by atoms with Crippen molar-refractivity contribution in [2.75, 3.05) is 0 Å². The fraction of sp³-hybridized carbons (Fsp3) is 0.0625. The highest BCUT2D eigenvalue weighted by Crippen LogP contribution is 2.19. The Labute approximate surface area is 122 Å². The van der Waals surface area contributed by atoms with Gasteiger partial charge in [-0.1, -0.05) is 30.3 Å². The number of rotatable bonds is 4. The van der Waals surface area contributed by atoms with Crippen LogP contribution in [0.5, 0.6) is 5.75 Å². The van der Waals surface area contributed by atoms with Crippen molar-refractivity contribution in [3.8, 4) is 5.75 Å². The first-order valence-electron chi connectivity index (χ1n) is 6.65. The predicted molar refractivity (Wildman–Crippen MR) is 82.3 cm³/mol. The van der Waals surface area contributed by atoms with Crippen molar-refractivity contribution >= 4 is 23.5 Å². The van der Waals surface area contributed by atoms with Crippen molar-refractivity contribution in [1.82, 2.24) is 4.98 Å². The second-order valence-corrected chi connectivity index (χ2v) is 4.72. The lowest BCUT2D eigenvalue weighted by atomic mass is 9.77. The van der Waals surface area contributed by atoms with Crippen molar-refractivity contribution in [3.63, 3.8) is 0 Å². The molecule has 1 heterocycles. The largest absolute Gasteiger partial charge is 0.489 e. The SMILES string of the molecule is OB(O)c1ccccc1COc1ccc2cccnc2c1. The van der Waals surface area contributed by atoms with Crippen LogP contribution in [0.25, 0.3) is 10.9 Å². The predicted octanol–water partition coefficient (Wildman–Crippen LogP) is 1.49. The molecule has 0 bridgehead atoms. The normalized spacial score (nSPS) is 10.6. The summed E-state index contributed by atoms with van der Waals surface area (Å²) in [4.78, 5) is 4.28. The summed E-state index contributed by atoms with van der Waals surface area (Å²) in [5, 5.41) is 19.7. The van der Waals surface area contributed by atoms with Crippen molar-refractivity contribution in [1.29, 1.82) is 0 Å². The summed E-state index contributed by atoms with van der Waals surface area (Å²) < 4.78 is 5.73. The molecule has 0 radical (unpaired) electrons. The molecule has 21 heavy (non-hydrogen) atoms. The summed E-state index contributed by atoms with van der Waals surface area (Å²) in [6, 6.07) is 16.7. The van der Waals surface area contributed by atoms with Crippen LogP contribution in [0.15, 0.2) is 60.8 Å². The minimum Gasteiger partial charge on any atom is -0.489 e. The molecule has 104 valence electrons. The van der Waals surface area contributed by atoms with E-state index < -0.39 is 7.12 Å². The Kier molecular flexibility index (Phi) is 3.86. The van der Waals surface area contributed by atoms with Crippen LogP contribution >= 0.6 is 0 Å². The number of nitrogens with zero attached hydrogens (tertiary/aromatic N) is 1. The molecule has 5 heteroatoms. The minimum atomic E-state index is -1.50. The zero-order valence-electron chi connectivity index (χ0n) is 11.3. The molecule has 0 saturated heterocycles. The molecule has 0 unspecified atom stereocenters. The van der Waals surface area contributed by atoms with Gasteiger partial charge in [-0.2, -0.15) is 0 Å². The van der Waals surface area contributed by atoms with Gasteiger partial charge in [-0.15, -0.1) is 0 Å². The molecule has 0 amide bonds. The van der Waals surface area contributed by atoms with Crippen LogP contribution < -0.4 is 10.2 Å². The zero-order valence-corrected chi connectivity index (χ0v) is 11.3. The maximum absolute atomic E-state index is 9.33. The van der Waals surface area contributed by atoms with Gasteiger partial charge >= 0.3 is 7.12 Å². The van der Waals surface area contributed by atoms with E-state index in [1.807, 2.05) is 42.5 Å². The average molecular weight is 279 g/mol. The van der Waals surface area contributed by atoms with Gasteiger partial charge in [0.1, 0.15) is 12.4 Å². The van der Waals surface area contributed by atoms with Gasteiger partial charge in [0.25, 0.3) is 0 Å². The van der Waals surface area contributed by atoms with E-state index >= 15 is 0 Å². The van der Waals surface area contributed by atoms with Crippen LogP contribution in [0.3, 0.4) is 0 Å². The lowest BCUT2D eigenvalue weighted by molar-refractivity contribution is 0.306. The maximum atomic E-state index is 9.33. The molecule has 0 aliphatic heterocycles. The number of hydrogen-bond donors (Lipinski definition) is 2. The third kappa shape index (κ3) is 3.04. The Hall–Kier alpha value is -2.37. The van der Waals surface area contributed by atoms with Gasteiger partial charge in [0, 0.05) is 17.6 Å². The fourth-order valence-corrected chi connectivity index (χ4v) is 2.21. The number of ether oxygens (including phenoxy) is 1. The molecule has 0 fully saturated rings. The Bertz CT molecular complexity index is 761. The van der Waals surface area contributed by atoms with Crippen molar-refractivity contribution in [2.24, 2.45) is 0 Å². The van der Waals surface area contributed by atoms with E-state index in [-0.39, 0.29) is 6.61 Å². The van der Waals surface area contributed by atoms with Crippen molar-refractivity contribution in [2.45, 2.75) is 6.61 Å². The van der Waals surface area contributed by atoms with Gasteiger partial charge in [-0.05, 0) is 29.2 Å². The minimum absolute atomic E-state index is 0.270. The van der Waals surface area contributed by atoms with E-state index in [2.05, 4.69) is 4.98 Å². The van der Waals surface area contributed by atoms with Crippen molar-refractivity contribution < 1.29 is 14.8 Å². The maximum Gasteiger partial charge on any atom is 0.488 e. The quantitative estimate of drug-likeness (QED) is 0.710. The fourth-order valence-electron chi connectivity index (χ4n) is 2.21. The monoisotopic (exact) mass is 279 g/mol. The molecule has 0 aliphatic rings. The van der Waals surface area contributed by atoms with E-state index in [4.69, 9.17) is 4.74 Å². The van der Waals surface area contributed by atoms with E-state index in [1.54, 1.807) is 18.3 Å². The highest BCUT2D eigenvalue weighted by atomic mass is 16.5. The van der Waals surface area contributed by atoms with Gasteiger partial charge in [-0.25, -0.2) is 0 Å². The summed E-state index contributed by atoms with van der Waals surface area (Å²) in [6.07, 6.45) is 1.74. The molecule has 3 rings (SSSR count). The molecular formula is C16H14BNO3. The van der Waals surface area contributed by atoms with Gasteiger partial charge in [0.15, 0.2) is 0 Å². The average Bonchev–Trinajstić information content (AvgIpc) is 2.53. The molecule has 0 saturated carbocycles. The summed E-state index contributed by atoms with van der Waals surface area (Å²) in [6.45, 7) is 0.270. The van der Waals surface area contributed by atoms with Crippen LogP contribution in [0, 0.1) is 0 Å². The summed E-state index contributed by atoms with van der Waals surface area (Å²) >= 11 is 0. The number of pyridine rings is 1. The third-order valence-electron chi connectivity index (χ3n) is 3.30. The molecule has 3 aromatic rings. The number of hydrogen-bond acceptors (Lipinski definition) is 4. The second kappa shape index (κ2) is 5.95. The van der Waals surface area contributed by atoms with E-state index in [1.165, 1.54) is 0 Å². The molecule has 0 aliphatic carbocycles. The Morgan fingerprint density at radius 1 is 1.00 bits per heavy atom. The number of aromatic nitrogens is 1. The van der Waals surface area contributed by atoms with Crippen LogP contribution in [0.1, 0.15) is 5.56 Å². The van der Waals surface area contributed by atoms with Crippen LogP contribution in [0.2, 0.25) is 0 Å². The molecule has 2 N–H and O–H groups in total. The standard InChI is InChI=1S/C16H14BNO3/c19-17(20)15-6-2-1-4-13(15)11-21-14-8-7-12-5-3-9-18-16(12)10-14/h1-10,19-20H,11H2. The van der Waals surface area contributed by atoms with Crippen LogP contribution in [0.4, 0.5) is 0 Å². The number of benzene rings is 2. The highest BCUT2D eigenvalue weighted by molar-refractivity contribution is 6.59. The molecule has 0 spiro atoms. The van der Waals surface area contributed by atoms with Gasteiger partial charge < -0.3 is 14.8 Å².